The van der Waals surface area contributed by atoms with Crippen LogP contribution in [-0.2, 0) is 9.59 Å². The fraction of sp³-hybridized carbons (Fsp3) is 0.818. The summed E-state index contributed by atoms with van der Waals surface area (Å²) in [5.74, 6) is -2.54. The highest BCUT2D eigenvalue weighted by Gasteiger charge is 2.68. The van der Waals surface area contributed by atoms with E-state index in [1.165, 1.54) is 0 Å². The molecule has 3 unspecified atom stereocenters. The number of ketones is 1. The zero-order chi connectivity index (χ0) is 13.7. The summed E-state index contributed by atoms with van der Waals surface area (Å²) in [5, 5.41) is 49.6. The second kappa shape index (κ2) is 4.07. The van der Waals surface area contributed by atoms with E-state index in [1.807, 2.05) is 0 Å². The molecule has 0 aromatic carbocycles. The van der Waals surface area contributed by atoms with E-state index >= 15 is 0 Å². The quantitative estimate of drug-likeness (QED) is 0.319. The van der Waals surface area contributed by atoms with Crippen molar-refractivity contribution in [2.24, 2.45) is 5.92 Å². The summed E-state index contributed by atoms with van der Waals surface area (Å²) in [7, 11) is 0. The average Bonchev–Trinajstić information content (AvgIpc) is 2.37. The summed E-state index contributed by atoms with van der Waals surface area (Å²) in [5.41, 5.74) is -4.78. The maximum atomic E-state index is 11.6. The fourth-order valence-corrected chi connectivity index (χ4v) is 3.13. The number of carbonyl (C=O) groups is 2. The lowest BCUT2D eigenvalue weighted by molar-refractivity contribution is -0.261. The minimum absolute atomic E-state index is 0.00484. The largest absolute Gasteiger partial charge is 0.390 e. The number of aliphatic hydroxyl groups excluding tert-OH is 3. The zero-order valence-corrected chi connectivity index (χ0v) is 9.56. The van der Waals surface area contributed by atoms with E-state index in [1.54, 1.807) is 0 Å². The van der Waals surface area contributed by atoms with E-state index in [4.69, 9.17) is 0 Å². The molecule has 0 aliphatic heterocycles. The SMILES string of the molecule is O=C[C@]1(O)C(O)C(=O)[C@H](O)C2(O)C1CCC[C@H]2O. The number of aliphatic hydroxyl groups is 5. The molecular formula is C11H16O7. The monoisotopic (exact) mass is 260 g/mol. The third kappa shape index (κ3) is 1.42. The van der Waals surface area contributed by atoms with Crippen molar-refractivity contribution in [2.45, 2.75) is 48.8 Å². The van der Waals surface area contributed by atoms with E-state index in [9.17, 15) is 35.1 Å². The molecule has 0 heterocycles. The molecule has 2 rings (SSSR count). The van der Waals surface area contributed by atoms with Gasteiger partial charge in [0.05, 0.1) is 6.10 Å². The lowest BCUT2D eigenvalue weighted by Gasteiger charge is -2.54. The van der Waals surface area contributed by atoms with Crippen molar-refractivity contribution < 1.29 is 35.1 Å². The van der Waals surface area contributed by atoms with E-state index in [-0.39, 0.29) is 19.1 Å². The van der Waals surface area contributed by atoms with Crippen LogP contribution in [0.5, 0.6) is 0 Å². The molecule has 7 heteroatoms. The van der Waals surface area contributed by atoms with Crippen molar-refractivity contribution in [1.29, 1.82) is 0 Å². The van der Waals surface area contributed by atoms with Crippen LogP contribution in [-0.4, -0.2) is 67.1 Å². The summed E-state index contributed by atoms with van der Waals surface area (Å²) >= 11 is 0. The Balaban J connectivity index is 2.55. The van der Waals surface area contributed by atoms with Gasteiger partial charge in [0.2, 0.25) is 0 Å². The van der Waals surface area contributed by atoms with Crippen molar-refractivity contribution in [2.75, 3.05) is 0 Å². The maximum Gasteiger partial charge on any atom is 0.196 e. The Bertz CT molecular complexity index is 384. The van der Waals surface area contributed by atoms with Crippen molar-refractivity contribution in [3.05, 3.63) is 0 Å². The van der Waals surface area contributed by atoms with Crippen LogP contribution in [0.3, 0.4) is 0 Å². The molecular weight excluding hydrogens is 244 g/mol. The molecule has 2 fully saturated rings. The van der Waals surface area contributed by atoms with E-state index in [2.05, 4.69) is 0 Å². The van der Waals surface area contributed by atoms with Crippen LogP contribution in [0.25, 0.3) is 0 Å². The maximum absolute atomic E-state index is 11.6. The van der Waals surface area contributed by atoms with Gasteiger partial charge in [0.15, 0.2) is 23.8 Å². The first kappa shape index (κ1) is 13.6. The number of hydrogen-bond donors (Lipinski definition) is 5. The molecule has 0 radical (unpaired) electrons. The predicted molar refractivity (Wildman–Crippen MR) is 56.3 cm³/mol. The first-order valence-corrected chi connectivity index (χ1v) is 5.79. The van der Waals surface area contributed by atoms with Gasteiger partial charge in [-0.05, 0) is 12.8 Å². The summed E-state index contributed by atoms with van der Waals surface area (Å²) in [6.45, 7) is 0. The van der Waals surface area contributed by atoms with Crippen LogP contribution < -0.4 is 0 Å². The van der Waals surface area contributed by atoms with Crippen LogP contribution in [0.4, 0.5) is 0 Å². The molecule has 2 saturated carbocycles. The third-order valence-electron chi connectivity index (χ3n) is 4.22. The van der Waals surface area contributed by atoms with E-state index < -0.39 is 41.2 Å². The van der Waals surface area contributed by atoms with E-state index in [0.29, 0.717) is 6.42 Å². The van der Waals surface area contributed by atoms with Gasteiger partial charge in [-0.3, -0.25) is 4.79 Å². The van der Waals surface area contributed by atoms with Crippen LogP contribution in [0.15, 0.2) is 0 Å². The Morgan fingerprint density at radius 2 is 1.72 bits per heavy atom. The molecule has 18 heavy (non-hydrogen) atoms. The molecule has 6 atom stereocenters. The molecule has 0 bridgehead atoms. The number of Topliss-reactive ketones (excluding diaryl/α,β-unsaturated/α-hetero) is 1. The molecule has 0 saturated heterocycles. The molecule has 7 nitrogen and oxygen atoms in total. The Hall–Kier alpha value is -0.860. The summed E-state index contributed by atoms with van der Waals surface area (Å²) < 4.78 is 0. The summed E-state index contributed by atoms with van der Waals surface area (Å²) in [6.07, 6.45) is -4.90. The highest BCUT2D eigenvalue weighted by molar-refractivity contribution is 5.94. The van der Waals surface area contributed by atoms with Crippen molar-refractivity contribution in [1.82, 2.24) is 0 Å². The number of aldehydes is 1. The molecule has 0 spiro atoms. The predicted octanol–water partition coefficient (Wildman–Crippen LogP) is -2.89. The van der Waals surface area contributed by atoms with Crippen molar-refractivity contribution in [3.63, 3.8) is 0 Å². The summed E-state index contributed by atoms with van der Waals surface area (Å²) in [4.78, 5) is 22.6. The average molecular weight is 260 g/mol. The topological polar surface area (TPSA) is 135 Å². The third-order valence-corrected chi connectivity index (χ3v) is 4.22. The molecule has 2 aliphatic rings. The second-order valence-corrected chi connectivity index (χ2v) is 5.10. The van der Waals surface area contributed by atoms with Gasteiger partial charge < -0.3 is 30.3 Å². The first-order valence-electron chi connectivity index (χ1n) is 5.79. The zero-order valence-electron chi connectivity index (χ0n) is 9.56. The Morgan fingerprint density at radius 3 is 2.28 bits per heavy atom. The van der Waals surface area contributed by atoms with Gasteiger partial charge in [0, 0.05) is 5.92 Å². The standard InChI is InChI=1S/C11H16O7/c12-4-10(17)5-2-1-3-6(13)11(5,18)9(16)7(14)8(10)15/h4-6,8-9,13,15-18H,1-3H2/t5?,6-,8?,9+,10-,11?/m1/s1. The minimum atomic E-state index is -2.48. The Labute approximate surface area is 103 Å². The van der Waals surface area contributed by atoms with E-state index in [0.717, 1.165) is 0 Å². The second-order valence-electron chi connectivity index (χ2n) is 5.10. The van der Waals surface area contributed by atoms with Crippen molar-refractivity contribution >= 4 is 12.1 Å². The lowest BCUT2D eigenvalue weighted by atomic mass is 9.57. The minimum Gasteiger partial charge on any atom is -0.390 e. The van der Waals surface area contributed by atoms with Gasteiger partial charge in [-0.15, -0.1) is 0 Å². The molecule has 0 aromatic rings. The van der Waals surface area contributed by atoms with Crippen LogP contribution in [0.1, 0.15) is 19.3 Å². The van der Waals surface area contributed by atoms with Crippen molar-refractivity contribution in [3.8, 4) is 0 Å². The van der Waals surface area contributed by atoms with Gasteiger partial charge in [0.1, 0.15) is 11.7 Å². The molecule has 102 valence electrons. The smallest absolute Gasteiger partial charge is 0.196 e. The summed E-state index contributed by atoms with van der Waals surface area (Å²) in [6, 6.07) is 0. The Morgan fingerprint density at radius 1 is 1.11 bits per heavy atom. The molecule has 2 aliphatic carbocycles. The van der Waals surface area contributed by atoms with Gasteiger partial charge >= 0.3 is 0 Å². The van der Waals surface area contributed by atoms with Gasteiger partial charge in [-0.1, -0.05) is 6.42 Å². The normalized spacial score (nSPS) is 52.8. The Kier molecular flexibility index (Phi) is 3.07. The number of hydrogen-bond acceptors (Lipinski definition) is 7. The molecule has 0 aromatic heterocycles. The number of fused-ring (bicyclic) bond motifs is 1. The van der Waals surface area contributed by atoms with Crippen LogP contribution >= 0.6 is 0 Å². The van der Waals surface area contributed by atoms with Crippen LogP contribution in [0.2, 0.25) is 0 Å². The number of rotatable bonds is 1. The molecule has 5 N–H and O–H groups in total. The number of carbonyl (C=O) groups excluding carboxylic acids is 2. The first-order chi connectivity index (χ1) is 8.30. The highest BCUT2D eigenvalue weighted by atomic mass is 16.4. The highest BCUT2D eigenvalue weighted by Crippen LogP contribution is 2.47. The van der Waals surface area contributed by atoms with Gasteiger partial charge in [0.25, 0.3) is 0 Å². The van der Waals surface area contributed by atoms with Gasteiger partial charge in [-0.2, -0.15) is 0 Å². The molecule has 0 amide bonds. The van der Waals surface area contributed by atoms with Gasteiger partial charge in [-0.25, -0.2) is 0 Å². The fourth-order valence-electron chi connectivity index (χ4n) is 3.13. The van der Waals surface area contributed by atoms with Crippen LogP contribution in [0, 0.1) is 5.92 Å². The lowest BCUT2D eigenvalue weighted by Crippen LogP contribution is -2.76.